The number of nitrogens with zero attached hydrogens (tertiary/aromatic N) is 1. The average Bonchev–Trinajstić information content (AvgIpc) is 2.81. The van der Waals surface area contributed by atoms with E-state index in [0.717, 1.165) is 12.1 Å². The van der Waals surface area contributed by atoms with Gasteiger partial charge in [0.15, 0.2) is 0 Å². The second-order valence-corrected chi connectivity index (χ2v) is 4.74. The van der Waals surface area contributed by atoms with E-state index in [0.29, 0.717) is 10.4 Å². The van der Waals surface area contributed by atoms with Gasteiger partial charge in [0, 0.05) is 12.6 Å². The zero-order valence-electron chi connectivity index (χ0n) is 9.19. The van der Waals surface area contributed by atoms with E-state index in [9.17, 15) is 18.3 Å². The van der Waals surface area contributed by atoms with Crippen molar-refractivity contribution >= 4 is 11.3 Å². The number of thiazole rings is 1. The number of hydrogen-bond acceptors (Lipinski definition) is 3. The van der Waals surface area contributed by atoms with Gasteiger partial charge in [-0.05, 0) is 11.6 Å². The monoisotopic (exact) mass is 273 g/mol. The SMILES string of the molecule is OC(Cc1cccc(C(F)(F)F)c1)c1cncs1. The Morgan fingerprint density at radius 2 is 2.11 bits per heavy atom. The van der Waals surface area contributed by atoms with E-state index in [1.54, 1.807) is 11.6 Å². The molecule has 0 saturated carbocycles. The Kier molecular flexibility index (Phi) is 3.68. The molecule has 18 heavy (non-hydrogen) atoms. The van der Waals surface area contributed by atoms with Crippen LogP contribution in [0.25, 0.3) is 0 Å². The number of benzene rings is 1. The van der Waals surface area contributed by atoms with Crippen LogP contribution in [0.15, 0.2) is 36.0 Å². The van der Waals surface area contributed by atoms with Crippen LogP contribution in [0.4, 0.5) is 13.2 Å². The molecule has 0 saturated heterocycles. The molecule has 0 spiro atoms. The van der Waals surface area contributed by atoms with Crippen molar-refractivity contribution in [1.29, 1.82) is 0 Å². The van der Waals surface area contributed by atoms with Crippen LogP contribution >= 0.6 is 11.3 Å². The second-order valence-electron chi connectivity index (χ2n) is 3.82. The van der Waals surface area contributed by atoms with Crippen LogP contribution in [-0.2, 0) is 12.6 Å². The van der Waals surface area contributed by atoms with Gasteiger partial charge in [-0.1, -0.05) is 18.2 Å². The quantitative estimate of drug-likeness (QED) is 0.929. The molecule has 96 valence electrons. The van der Waals surface area contributed by atoms with E-state index in [-0.39, 0.29) is 6.42 Å². The molecule has 0 aliphatic heterocycles. The highest BCUT2D eigenvalue weighted by Crippen LogP contribution is 2.30. The third kappa shape index (κ3) is 3.08. The standard InChI is InChI=1S/C12H10F3NOS/c13-12(14,15)9-3-1-2-8(4-9)5-10(17)11-6-16-7-18-11/h1-4,6-7,10,17H,5H2. The number of halogens is 3. The molecule has 2 aromatic rings. The van der Waals surface area contributed by atoms with Crippen LogP contribution < -0.4 is 0 Å². The molecule has 1 aromatic heterocycles. The van der Waals surface area contributed by atoms with Crippen molar-refractivity contribution in [2.75, 3.05) is 0 Å². The molecule has 1 unspecified atom stereocenters. The van der Waals surface area contributed by atoms with Gasteiger partial charge in [-0.15, -0.1) is 11.3 Å². The van der Waals surface area contributed by atoms with E-state index in [2.05, 4.69) is 4.98 Å². The predicted molar refractivity (Wildman–Crippen MR) is 62.2 cm³/mol. The highest BCUT2D eigenvalue weighted by Gasteiger charge is 2.30. The second kappa shape index (κ2) is 5.07. The first kappa shape index (κ1) is 13.0. The van der Waals surface area contributed by atoms with Crippen LogP contribution in [0.5, 0.6) is 0 Å². The number of rotatable bonds is 3. The lowest BCUT2D eigenvalue weighted by molar-refractivity contribution is -0.137. The van der Waals surface area contributed by atoms with E-state index < -0.39 is 17.8 Å². The van der Waals surface area contributed by atoms with Crippen LogP contribution in [-0.4, -0.2) is 10.1 Å². The van der Waals surface area contributed by atoms with Gasteiger partial charge in [0.2, 0.25) is 0 Å². The number of aliphatic hydroxyl groups excluding tert-OH is 1. The summed E-state index contributed by atoms with van der Waals surface area (Å²) in [7, 11) is 0. The van der Waals surface area contributed by atoms with Gasteiger partial charge in [-0.3, -0.25) is 4.98 Å². The topological polar surface area (TPSA) is 33.1 Å². The van der Waals surface area contributed by atoms with Crippen molar-refractivity contribution in [3.05, 3.63) is 52.0 Å². The van der Waals surface area contributed by atoms with Gasteiger partial charge in [-0.25, -0.2) is 0 Å². The lowest BCUT2D eigenvalue weighted by Crippen LogP contribution is -2.06. The average molecular weight is 273 g/mol. The maximum Gasteiger partial charge on any atom is 0.416 e. The molecule has 1 aromatic carbocycles. The van der Waals surface area contributed by atoms with Crippen LogP contribution in [0, 0.1) is 0 Å². The summed E-state index contributed by atoms with van der Waals surface area (Å²) in [5.41, 5.74) is 1.33. The maximum absolute atomic E-state index is 12.5. The number of hydrogen-bond donors (Lipinski definition) is 1. The Hall–Kier alpha value is -1.40. The molecule has 0 fully saturated rings. The first-order chi connectivity index (χ1) is 8.47. The van der Waals surface area contributed by atoms with Crippen LogP contribution in [0.3, 0.4) is 0 Å². The summed E-state index contributed by atoms with van der Waals surface area (Å²) in [6.07, 6.45) is -3.51. The zero-order chi connectivity index (χ0) is 13.2. The molecule has 6 heteroatoms. The molecule has 2 rings (SSSR count). The first-order valence-electron chi connectivity index (χ1n) is 5.19. The summed E-state index contributed by atoms with van der Waals surface area (Å²) in [6.45, 7) is 0. The fourth-order valence-electron chi connectivity index (χ4n) is 1.59. The third-order valence-electron chi connectivity index (χ3n) is 2.46. The summed E-state index contributed by atoms with van der Waals surface area (Å²) in [5, 5.41) is 9.85. The summed E-state index contributed by atoms with van der Waals surface area (Å²) >= 11 is 1.28. The van der Waals surface area contributed by atoms with E-state index >= 15 is 0 Å². The molecule has 0 aliphatic rings. The zero-order valence-corrected chi connectivity index (χ0v) is 10.0. The number of alkyl halides is 3. The third-order valence-corrected chi connectivity index (χ3v) is 3.34. The van der Waals surface area contributed by atoms with Crippen LogP contribution in [0.2, 0.25) is 0 Å². The van der Waals surface area contributed by atoms with Crippen molar-refractivity contribution in [2.45, 2.75) is 18.7 Å². The van der Waals surface area contributed by atoms with Crippen molar-refractivity contribution in [1.82, 2.24) is 4.98 Å². The lowest BCUT2D eigenvalue weighted by atomic mass is 10.0. The Bertz CT molecular complexity index is 510. The minimum atomic E-state index is -4.36. The molecule has 0 amide bonds. The van der Waals surface area contributed by atoms with Crippen LogP contribution in [0.1, 0.15) is 22.1 Å². The van der Waals surface area contributed by atoms with Gasteiger partial charge >= 0.3 is 6.18 Å². The minimum Gasteiger partial charge on any atom is -0.387 e. The molecular weight excluding hydrogens is 263 g/mol. The highest BCUT2D eigenvalue weighted by atomic mass is 32.1. The van der Waals surface area contributed by atoms with E-state index in [1.165, 1.54) is 23.6 Å². The number of aliphatic hydroxyl groups is 1. The molecule has 1 N–H and O–H groups in total. The van der Waals surface area contributed by atoms with Gasteiger partial charge in [-0.2, -0.15) is 13.2 Å². The van der Waals surface area contributed by atoms with Gasteiger partial charge in [0.05, 0.1) is 22.1 Å². The normalized spacial score (nSPS) is 13.6. The first-order valence-corrected chi connectivity index (χ1v) is 6.07. The Labute approximate surface area is 106 Å². The van der Waals surface area contributed by atoms with E-state index in [1.807, 2.05) is 0 Å². The van der Waals surface area contributed by atoms with Crippen molar-refractivity contribution in [2.24, 2.45) is 0 Å². The largest absolute Gasteiger partial charge is 0.416 e. The Balaban J connectivity index is 2.15. The molecule has 0 aliphatic carbocycles. The molecule has 1 heterocycles. The molecule has 0 radical (unpaired) electrons. The van der Waals surface area contributed by atoms with Gasteiger partial charge < -0.3 is 5.11 Å². The fraction of sp³-hybridized carbons (Fsp3) is 0.250. The smallest absolute Gasteiger partial charge is 0.387 e. The van der Waals surface area contributed by atoms with Gasteiger partial charge in [0.25, 0.3) is 0 Å². The van der Waals surface area contributed by atoms with Gasteiger partial charge in [0.1, 0.15) is 0 Å². The Morgan fingerprint density at radius 1 is 1.33 bits per heavy atom. The van der Waals surface area contributed by atoms with Crippen molar-refractivity contribution in [3.8, 4) is 0 Å². The van der Waals surface area contributed by atoms with E-state index in [4.69, 9.17) is 0 Å². The summed E-state index contributed by atoms with van der Waals surface area (Å²) in [4.78, 5) is 4.47. The number of aromatic nitrogens is 1. The lowest BCUT2D eigenvalue weighted by Gasteiger charge is -2.11. The minimum absolute atomic E-state index is 0.145. The molecular formula is C12H10F3NOS. The fourth-order valence-corrected chi connectivity index (χ4v) is 2.19. The molecule has 2 nitrogen and oxygen atoms in total. The Morgan fingerprint density at radius 3 is 2.72 bits per heavy atom. The predicted octanol–water partition coefficient (Wildman–Crippen LogP) is 3.44. The molecule has 1 atom stereocenters. The van der Waals surface area contributed by atoms with Crippen molar-refractivity contribution in [3.63, 3.8) is 0 Å². The summed E-state index contributed by atoms with van der Waals surface area (Å²) < 4.78 is 37.5. The molecule has 0 bridgehead atoms. The summed E-state index contributed by atoms with van der Waals surface area (Å²) in [6, 6.07) is 4.99. The highest BCUT2D eigenvalue weighted by molar-refractivity contribution is 7.09. The summed E-state index contributed by atoms with van der Waals surface area (Å²) in [5.74, 6) is 0. The van der Waals surface area contributed by atoms with Crippen molar-refractivity contribution < 1.29 is 18.3 Å². The maximum atomic E-state index is 12.5.